The number of hydrogen-bond acceptors (Lipinski definition) is 2. The minimum Gasteiger partial charge on any atom is -0.384 e. The number of halogens is 3. The van der Waals surface area contributed by atoms with E-state index in [2.05, 4.69) is 11.8 Å². The standard InChI is InChI=1S/C13H13F3O2/c1-10(13(14,15)16)18-9-12-6-3-2-5-11(12)7-4-8-17/h2-3,5-6,10,17H,8-9H2,1H3. The van der Waals surface area contributed by atoms with Gasteiger partial charge in [-0.25, -0.2) is 0 Å². The molecule has 0 aliphatic rings. The highest BCUT2D eigenvalue weighted by Crippen LogP contribution is 2.23. The van der Waals surface area contributed by atoms with Crippen molar-refractivity contribution in [1.82, 2.24) is 0 Å². The van der Waals surface area contributed by atoms with E-state index >= 15 is 0 Å². The summed E-state index contributed by atoms with van der Waals surface area (Å²) in [6, 6.07) is 6.73. The molecule has 0 spiro atoms. The van der Waals surface area contributed by atoms with Crippen LogP contribution in [0.3, 0.4) is 0 Å². The van der Waals surface area contributed by atoms with Gasteiger partial charge in [0.25, 0.3) is 0 Å². The molecule has 0 fully saturated rings. The van der Waals surface area contributed by atoms with Crippen LogP contribution in [0, 0.1) is 11.8 Å². The van der Waals surface area contributed by atoms with E-state index in [4.69, 9.17) is 9.84 Å². The molecule has 0 aliphatic carbocycles. The van der Waals surface area contributed by atoms with Crippen molar-refractivity contribution in [2.24, 2.45) is 0 Å². The Balaban J connectivity index is 2.73. The fourth-order valence-electron chi connectivity index (χ4n) is 1.21. The molecule has 1 rings (SSSR count). The van der Waals surface area contributed by atoms with Crippen molar-refractivity contribution in [2.75, 3.05) is 6.61 Å². The number of rotatable bonds is 3. The topological polar surface area (TPSA) is 29.5 Å². The van der Waals surface area contributed by atoms with Gasteiger partial charge in [0, 0.05) is 5.56 Å². The number of aliphatic hydroxyl groups is 1. The third kappa shape index (κ3) is 4.40. The lowest BCUT2D eigenvalue weighted by atomic mass is 10.1. The highest BCUT2D eigenvalue weighted by Gasteiger charge is 2.36. The zero-order valence-corrected chi connectivity index (χ0v) is 9.79. The van der Waals surface area contributed by atoms with Crippen molar-refractivity contribution in [1.29, 1.82) is 0 Å². The van der Waals surface area contributed by atoms with E-state index in [9.17, 15) is 13.2 Å². The van der Waals surface area contributed by atoms with Crippen molar-refractivity contribution in [3.05, 3.63) is 35.4 Å². The summed E-state index contributed by atoms with van der Waals surface area (Å²) >= 11 is 0. The number of alkyl halides is 3. The van der Waals surface area contributed by atoms with Crippen molar-refractivity contribution in [3.63, 3.8) is 0 Å². The summed E-state index contributed by atoms with van der Waals surface area (Å²) in [7, 11) is 0. The first-order valence-corrected chi connectivity index (χ1v) is 5.31. The Hall–Kier alpha value is -1.51. The maximum atomic E-state index is 12.3. The van der Waals surface area contributed by atoms with Crippen molar-refractivity contribution in [3.8, 4) is 11.8 Å². The third-order valence-electron chi connectivity index (χ3n) is 2.27. The van der Waals surface area contributed by atoms with Gasteiger partial charge >= 0.3 is 6.18 Å². The van der Waals surface area contributed by atoms with E-state index < -0.39 is 12.3 Å². The van der Waals surface area contributed by atoms with Gasteiger partial charge in [0.1, 0.15) is 6.61 Å². The highest BCUT2D eigenvalue weighted by atomic mass is 19.4. The van der Waals surface area contributed by atoms with Crippen LogP contribution in [0.25, 0.3) is 0 Å². The summed E-state index contributed by atoms with van der Waals surface area (Å²) in [5, 5.41) is 8.59. The third-order valence-corrected chi connectivity index (χ3v) is 2.27. The van der Waals surface area contributed by atoms with Gasteiger partial charge in [0.15, 0.2) is 6.10 Å². The van der Waals surface area contributed by atoms with Gasteiger partial charge in [-0.1, -0.05) is 30.0 Å². The van der Waals surface area contributed by atoms with Gasteiger partial charge < -0.3 is 9.84 Å². The summed E-state index contributed by atoms with van der Waals surface area (Å²) in [5.74, 6) is 5.11. The molecule has 1 aromatic rings. The van der Waals surface area contributed by atoms with Crippen LogP contribution in [-0.4, -0.2) is 24.0 Å². The molecule has 0 aromatic heterocycles. The molecule has 0 heterocycles. The summed E-state index contributed by atoms with van der Waals surface area (Å²) in [5.41, 5.74) is 1.12. The van der Waals surface area contributed by atoms with Gasteiger partial charge in [-0.15, -0.1) is 0 Å². The summed E-state index contributed by atoms with van der Waals surface area (Å²) < 4.78 is 41.6. The van der Waals surface area contributed by atoms with Crippen LogP contribution in [0.1, 0.15) is 18.1 Å². The number of ether oxygens (including phenoxy) is 1. The second kappa shape index (κ2) is 6.43. The molecule has 0 aliphatic heterocycles. The lowest BCUT2D eigenvalue weighted by molar-refractivity contribution is -0.217. The van der Waals surface area contributed by atoms with E-state index in [0.29, 0.717) is 11.1 Å². The molecule has 18 heavy (non-hydrogen) atoms. The molecule has 1 N–H and O–H groups in total. The van der Waals surface area contributed by atoms with Crippen LogP contribution in [-0.2, 0) is 11.3 Å². The van der Waals surface area contributed by atoms with E-state index in [-0.39, 0.29) is 13.2 Å². The first-order chi connectivity index (χ1) is 8.45. The van der Waals surface area contributed by atoms with Crippen molar-refractivity contribution in [2.45, 2.75) is 25.8 Å². The van der Waals surface area contributed by atoms with Crippen LogP contribution >= 0.6 is 0 Å². The minimum atomic E-state index is -4.37. The lowest BCUT2D eigenvalue weighted by Crippen LogP contribution is -2.28. The summed E-state index contributed by atoms with van der Waals surface area (Å²) in [6.45, 7) is 0.493. The molecule has 2 nitrogen and oxygen atoms in total. The molecular formula is C13H13F3O2. The number of aliphatic hydroxyl groups excluding tert-OH is 1. The number of hydrogen-bond donors (Lipinski definition) is 1. The van der Waals surface area contributed by atoms with E-state index in [1.54, 1.807) is 24.3 Å². The molecule has 1 atom stereocenters. The Labute approximate surface area is 103 Å². The van der Waals surface area contributed by atoms with Crippen LogP contribution in [0.4, 0.5) is 13.2 Å². The van der Waals surface area contributed by atoms with E-state index in [1.165, 1.54) is 0 Å². The lowest BCUT2D eigenvalue weighted by Gasteiger charge is -2.16. The summed E-state index contributed by atoms with van der Waals surface area (Å²) in [4.78, 5) is 0. The maximum absolute atomic E-state index is 12.3. The second-order valence-electron chi connectivity index (χ2n) is 3.61. The monoisotopic (exact) mass is 258 g/mol. The van der Waals surface area contributed by atoms with E-state index in [1.807, 2.05) is 0 Å². The van der Waals surface area contributed by atoms with Crippen molar-refractivity contribution < 1.29 is 23.0 Å². The van der Waals surface area contributed by atoms with Gasteiger partial charge in [-0.2, -0.15) is 13.2 Å². The predicted octanol–water partition coefficient (Wildman–Crippen LogP) is 2.50. The zero-order chi connectivity index (χ0) is 13.6. The first kappa shape index (κ1) is 14.6. The Morgan fingerprint density at radius 1 is 1.33 bits per heavy atom. The fraction of sp³-hybridized carbons (Fsp3) is 0.385. The molecule has 0 saturated heterocycles. The minimum absolute atomic E-state index is 0.170. The fourth-order valence-corrected chi connectivity index (χ4v) is 1.21. The highest BCUT2D eigenvalue weighted by molar-refractivity contribution is 5.40. The largest absolute Gasteiger partial charge is 0.414 e. The van der Waals surface area contributed by atoms with Crippen molar-refractivity contribution >= 4 is 0 Å². The first-order valence-electron chi connectivity index (χ1n) is 5.31. The predicted molar refractivity (Wildman–Crippen MR) is 60.7 cm³/mol. The van der Waals surface area contributed by atoms with Gasteiger partial charge in [0.2, 0.25) is 0 Å². The molecule has 5 heteroatoms. The summed E-state index contributed by atoms with van der Waals surface area (Å²) in [6.07, 6.45) is -6.19. The zero-order valence-electron chi connectivity index (χ0n) is 9.79. The number of benzene rings is 1. The molecule has 1 aromatic carbocycles. The van der Waals surface area contributed by atoms with Gasteiger partial charge in [-0.05, 0) is 18.6 Å². The quantitative estimate of drug-likeness (QED) is 0.844. The molecular weight excluding hydrogens is 245 g/mol. The molecule has 98 valence electrons. The Morgan fingerprint density at radius 3 is 2.61 bits per heavy atom. The van der Waals surface area contributed by atoms with Crippen LogP contribution < -0.4 is 0 Å². The van der Waals surface area contributed by atoms with Gasteiger partial charge in [-0.3, -0.25) is 0 Å². The normalized spacial score (nSPS) is 12.7. The Morgan fingerprint density at radius 2 is 2.00 bits per heavy atom. The maximum Gasteiger partial charge on any atom is 0.414 e. The molecule has 0 saturated carbocycles. The smallest absolute Gasteiger partial charge is 0.384 e. The average molecular weight is 258 g/mol. The Bertz CT molecular complexity index is 444. The second-order valence-corrected chi connectivity index (χ2v) is 3.61. The van der Waals surface area contributed by atoms with E-state index in [0.717, 1.165) is 6.92 Å². The van der Waals surface area contributed by atoms with Crippen LogP contribution in [0.2, 0.25) is 0 Å². The molecule has 0 amide bonds. The Kier molecular flexibility index (Phi) is 5.20. The molecule has 0 radical (unpaired) electrons. The molecule has 1 unspecified atom stereocenters. The average Bonchev–Trinajstić information content (AvgIpc) is 2.33. The van der Waals surface area contributed by atoms with Gasteiger partial charge in [0.05, 0.1) is 6.61 Å². The SMILES string of the molecule is CC(OCc1ccccc1C#CCO)C(F)(F)F. The van der Waals surface area contributed by atoms with Crippen LogP contribution in [0.5, 0.6) is 0 Å². The molecule has 0 bridgehead atoms. The van der Waals surface area contributed by atoms with Crippen LogP contribution in [0.15, 0.2) is 24.3 Å².